The molecular weight excluding hydrogens is 95.0 g/mol. The molecule has 0 unspecified atom stereocenters. The van der Waals surface area contributed by atoms with Gasteiger partial charge in [-0.15, -0.1) is 0 Å². The minimum absolute atomic E-state index is 0. The van der Waals surface area contributed by atoms with E-state index in [0.717, 1.165) is 0 Å². The van der Waals surface area contributed by atoms with E-state index >= 15 is 0 Å². The molecule has 0 fully saturated rings. The van der Waals surface area contributed by atoms with E-state index < -0.39 is 0 Å². The van der Waals surface area contributed by atoms with E-state index in [0.29, 0.717) is 0 Å². The topological polar surface area (TPSA) is 18.5 Å². The summed E-state index contributed by atoms with van der Waals surface area (Å²) in [5.41, 5.74) is 0. The van der Waals surface area contributed by atoms with Crippen molar-refractivity contribution in [3.8, 4) is 0 Å². The summed E-state index contributed by atoms with van der Waals surface area (Å²) < 4.78 is 8.69. The average Bonchev–Trinajstić information content (AvgIpc) is 1.41. The van der Waals surface area contributed by atoms with Gasteiger partial charge < -0.3 is 9.47 Å². The Hall–Kier alpha value is 0.452. The predicted molar refractivity (Wildman–Crippen MR) is 28.3 cm³/mol. The fraction of sp³-hybridized carbons (Fsp3) is 0.667. The molecule has 0 N–H and O–H groups in total. The van der Waals surface area contributed by atoms with E-state index in [1.54, 1.807) is 0 Å². The molecule has 0 rings (SSSR count). The van der Waals surface area contributed by atoms with Crippen LogP contribution in [-0.2, 0) is 9.47 Å². The Kier molecular flexibility index (Phi) is 14.6. The normalized spacial score (nSPS) is 7.00. The number of hydrogen-bond donors (Lipinski definition) is 0. The van der Waals surface area contributed by atoms with Crippen molar-refractivity contribution in [2.24, 2.45) is 0 Å². The van der Waals surface area contributed by atoms with Crippen LogP contribution in [0.25, 0.3) is 0 Å². The highest BCUT2D eigenvalue weighted by Crippen LogP contribution is 1.70. The second-order valence-electron chi connectivity index (χ2n) is 0.568. The molecule has 0 heterocycles. The molecule has 0 aromatic heterocycles. The highest BCUT2D eigenvalue weighted by Gasteiger charge is 1.65. The monoisotopic (exact) mass is 105 g/mol. The molecule has 0 saturated carbocycles. The van der Waals surface area contributed by atoms with Crippen molar-refractivity contribution in [3.05, 3.63) is 6.79 Å². The number of hydrogen-bond acceptors (Lipinski definition) is 2. The summed E-state index contributed by atoms with van der Waals surface area (Å²) in [6, 6.07) is 0. The first kappa shape index (κ1) is 9.68. The van der Waals surface area contributed by atoms with Crippen LogP contribution in [0.1, 0.15) is 0 Å². The standard InChI is InChI=1S/C3H7O2.Al.3H/c1-4-3-5-2;;;;/h3H,1-2H3;;;;. The largest absolute Gasteiger partial charge is 0.351 e. The van der Waals surface area contributed by atoms with Crippen LogP contribution in [0.2, 0.25) is 0 Å². The molecule has 0 spiro atoms. The highest BCUT2D eigenvalue weighted by molar-refractivity contribution is 5.75. The zero-order valence-electron chi connectivity index (χ0n) is 3.39. The van der Waals surface area contributed by atoms with Gasteiger partial charge >= 0.3 is 0 Å². The summed E-state index contributed by atoms with van der Waals surface area (Å²) in [6.07, 6.45) is 0. The lowest BCUT2D eigenvalue weighted by Gasteiger charge is -1.85. The fourth-order valence-corrected chi connectivity index (χ4v) is 0.0962. The molecule has 0 saturated heterocycles. The van der Waals surface area contributed by atoms with Gasteiger partial charge in [-0.1, -0.05) is 0 Å². The van der Waals surface area contributed by atoms with Crippen molar-refractivity contribution in [3.63, 3.8) is 0 Å². The second-order valence-corrected chi connectivity index (χ2v) is 0.568. The number of methoxy groups -OCH3 is 2. The maximum Gasteiger partial charge on any atom is 0.208 e. The lowest BCUT2D eigenvalue weighted by atomic mass is 11.4. The second kappa shape index (κ2) is 9.07. The molecule has 0 aliphatic rings. The van der Waals surface area contributed by atoms with Crippen LogP contribution in [0.5, 0.6) is 0 Å². The minimum atomic E-state index is 0. The van der Waals surface area contributed by atoms with Crippen molar-refractivity contribution in [1.29, 1.82) is 0 Å². The van der Waals surface area contributed by atoms with Gasteiger partial charge in [-0.3, -0.25) is 0 Å². The Morgan fingerprint density at radius 1 is 1.17 bits per heavy atom. The van der Waals surface area contributed by atoms with Crippen LogP contribution >= 0.6 is 0 Å². The summed E-state index contributed by atoms with van der Waals surface area (Å²) in [4.78, 5) is 0. The summed E-state index contributed by atoms with van der Waals surface area (Å²) >= 11 is 0. The van der Waals surface area contributed by atoms with Crippen molar-refractivity contribution >= 4 is 17.4 Å². The van der Waals surface area contributed by atoms with Crippen LogP contribution in [0, 0.1) is 6.79 Å². The third-order valence-corrected chi connectivity index (χ3v) is 0.192. The summed E-state index contributed by atoms with van der Waals surface area (Å²) in [5, 5.41) is 0. The van der Waals surface area contributed by atoms with Gasteiger partial charge in [0.25, 0.3) is 0 Å². The first-order valence-electron chi connectivity index (χ1n) is 1.29. The van der Waals surface area contributed by atoms with E-state index in [4.69, 9.17) is 0 Å². The van der Waals surface area contributed by atoms with Crippen LogP contribution in [-0.4, -0.2) is 31.6 Å². The van der Waals surface area contributed by atoms with Crippen LogP contribution in [0.3, 0.4) is 0 Å². The van der Waals surface area contributed by atoms with E-state index in [9.17, 15) is 0 Å². The van der Waals surface area contributed by atoms with Gasteiger partial charge in [-0.25, -0.2) is 0 Å². The van der Waals surface area contributed by atoms with Gasteiger partial charge in [-0.2, -0.15) is 0 Å². The van der Waals surface area contributed by atoms with Gasteiger partial charge in [-0.05, 0) is 0 Å². The Morgan fingerprint density at radius 3 is 1.50 bits per heavy atom. The molecular formula is C3H10AlO2. The smallest absolute Gasteiger partial charge is 0.208 e. The molecule has 0 aromatic carbocycles. The van der Waals surface area contributed by atoms with Crippen molar-refractivity contribution in [2.45, 2.75) is 0 Å². The van der Waals surface area contributed by atoms with Gasteiger partial charge in [0, 0.05) is 14.2 Å². The van der Waals surface area contributed by atoms with Crippen molar-refractivity contribution in [2.75, 3.05) is 14.2 Å². The third kappa shape index (κ3) is 8.82. The highest BCUT2D eigenvalue weighted by atomic mass is 27.0. The molecule has 2 nitrogen and oxygen atoms in total. The zero-order valence-corrected chi connectivity index (χ0v) is 3.39. The Bertz CT molecular complexity index is 16.3. The average molecular weight is 105 g/mol. The molecule has 6 heavy (non-hydrogen) atoms. The molecule has 0 amide bonds. The maximum absolute atomic E-state index is 4.34. The van der Waals surface area contributed by atoms with E-state index in [-0.39, 0.29) is 17.4 Å². The maximum atomic E-state index is 4.34. The molecule has 0 atom stereocenters. The summed E-state index contributed by atoms with van der Waals surface area (Å²) in [5.74, 6) is 0. The molecule has 3 heteroatoms. The number of ether oxygens (including phenoxy) is 2. The van der Waals surface area contributed by atoms with Gasteiger partial charge in [0.15, 0.2) is 17.4 Å². The molecule has 37 valence electrons. The molecule has 0 aliphatic carbocycles. The molecule has 0 aliphatic heterocycles. The summed E-state index contributed by atoms with van der Waals surface area (Å²) in [7, 11) is 3.06. The quantitative estimate of drug-likeness (QED) is 0.429. The molecule has 1 radical (unpaired) electrons. The lowest BCUT2D eigenvalue weighted by Crippen LogP contribution is -1.78. The summed E-state index contributed by atoms with van der Waals surface area (Å²) in [6.45, 7) is 1.25. The van der Waals surface area contributed by atoms with E-state index in [1.807, 2.05) is 0 Å². The van der Waals surface area contributed by atoms with Crippen LogP contribution < -0.4 is 0 Å². The fourth-order valence-electron chi connectivity index (χ4n) is 0.0962. The van der Waals surface area contributed by atoms with Crippen molar-refractivity contribution < 1.29 is 9.47 Å². The first-order chi connectivity index (χ1) is 2.41. The van der Waals surface area contributed by atoms with E-state index in [1.165, 1.54) is 21.0 Å². The Morgan fingerprint density at radius 2 is 1.50 bits per heavy atom. The predicted octanol–water partition coefficient (Wildman–Crippen LogP) is -0.785. The van der Waals surface area contributed by atoms with Gasteiger partial charge in [0.1, 0.15) is 0 Å². The Labute approximate surface area is 48.6 Å². The lowest BCUT2D eigenvalue weighted by molar-refractivity contribution is 0.0796. The first-order valence-corrected chi connectivity index (χ1v) is 1.29. The SMILES string of the molecule is CO[CH]OC.[AlH3]. The zero-order chi connectivity index (χ0) is 4.12. The van der Waals surface area contributed by atoms with Gasteiger partial charge in [0.2, 0.25) is 6.79 Å². The van der Waals surface area contributed by atoms with E-state index in [2.05, 4.69) is 9.47 Å². The molecule has 0 aromatic rings. The minimum Gasteiger partial charge on any atom is -0.351 e. The van der Waals surface area contributed by atoms with Crippen molar-refractivity contribution in [1.82, 2.24) is 0 Å². The number of rotatable bonds is 2. The van der Waals surface area contributed by atoms with Crippen LogP contribution in [0.4, 0.5) is 0 Å². The Balaban J connectivity index is 0. The third-order valence-electron chi connectivity index (χ3n) is 0.192. The molecule has 0 bridgehead atoms. The van der Waals surface area contributed by atoms with Gasteiger partial charge in [0.05, 0.1) is 0 Å². The van der Waals surface area contributed by atoms with Crippen LogP contribution in [0.15, 0.2) is 0 Å².